The summed E-state index contributed by atoms with van der Waals surface area (Å²) in [5.41, 5.74) is 6.97. The summed E-state index contributed by atoms with van der Waals surface area (Å²) in [6.45, 7) is 7.01. The molecule has 2 aliphatic heterocycles. The first kappa shape index (κ1) is 26.9. The van der Waals surface area contributed by atoms with E-state index in [2.05, 4.69) is 80.3 Å². The van der Waals surface area contributed by atoms with E-state index in [0.29, 0.717) is 35.4 Å². The average Bonchev–Trinajstić information content (AvgIpc) is 3.28. The molecule has 1 N–H and O–H groups in total. The zero-order valence-corrected chi connectivity index (χ0v) is 23.1. The molecule has 3 aromatic carbocycles. The van der Waals surface area contributed by atoms with E-state index >= 15 is 0 Å². The number of nitrogens with one attached hydrogen (secondary N) is 1. The third kappa shape index (κ3) is 4.86. The first-order valence-electron chi connectivity index (χ1n) is 11.8. The molecule has 0 atom stereocenters. The molecule has 0 bridgehead atoms. The number of halogens is 2. The Morgan fingerprint density at radius 2 is 1.75 bits per heavy atom. The first-order valence-corrected chi connectivity index (χ1v) is 13.7. The highest BCUT2D eigenvalue weighted by molar-refractivity contribution is 7.79. The topological polar surface area (TPSA) is 54.3 Å². The van der Waals surface area contributed by atoms with Crippen molar-refractivity contribution in [2.75, 3.05) is 31.8 Å². The van der Waals surface area contributed by atoms with Crippen LogP contribution in [0, 0.1) is 11.3 Å². The van der Waals surface area contributed by atoms with Crippen LogP contribution < -0.4 is 10.1 Å². The maximum Gasteiger partial charge on any atom is 0.155 e. The summed E-state index contributed by atoms with van der Waals surface area (Å²) in [4.78, 5) is 0. The molecule has 2 heterocycles. The van der Waals surface area contributed by atoms with Crippen molar-refractivity contribution in [2.24, 2.45) is 0 Å². The summed E-state index contributed by atoms with van der Waals surface area (Å²) < 4.78 is 11.7. The van der Waals surface area contributed by atoms with E-state index in [1.54, 1.807) is 6.26 Å². The van der Waals surface area contributed by atoms with Gasteiger partial charge in [0.2, 0.25) is 0 Å². The zero-order chi connectivity index (χ0) is 25.9. The number of thiol groups is 1. The predicted molar refractivity (Wildman–Crippen MR) is 151 cm³/mol. The second kappa shape index (κ2) is 11.0. The van der Waals surface area contributed by atoms with Gasteiger partial charge < -0.3 is 14.8 Å². The smallest absolute Gasteiger partial charge is 0.155 e. The molecule has 36 heavy (non-hydrogen) atoms. The molecule has 5 rings (SSSR count). The average molecular weight is 542 g/mol. The van der Waals surface area contributed by atoms with Crippen molar-refractivity contribution in [3.8, 4) is 22.9 Å². The van der Waals surface area contributed by atoms with E-state index in [1.165, 1.54) is 16.7 Å². The highest BCUT2D eigenvalue weighted by Crippen LogP contribution is 2.42. The molecule has 1 spiro atoms. The van der Waals surface area contributed by atoms with Crippen molar-refractivity contribution in [2.45, 2.75) is 31.5 Å². The highest BCUT2D eigenvalue weighted by Gasteiger charge is 2.45. The minimum atomic E-state index is -0.353. The van der Waals surface area contributed by atoms with Gasteiger partial charge in [-0.25, -0.2) is 0 Å². The maximum atomic E-state index is 9.65. The lowest BCUT2D eigenvalue weighted by Gasteiger charge is -2.39. The molecule has 1 saturated heterocycles. The Labute approximate surface area is 228 Å². The molecule has 0 saturated carbocycles. The van der Waals surface area contributed by atoms with Crippen molar-refractivity contribution in [1.29, 1.82) is 5.26 Å². The number of fused-ring (bicyclic) bond motifs is 2. The number of nitrogens with zero attached hydrogens (tertiary/aromatic N) is 1. The SMILES string of the molecule is CC(C)(c1ccc(-c2ccc3c(c2)COC32CNC2)cc1)c1cc(Cl)c(OCCCl)c(C#N)c1.CS. The van der Waals surface area contributed by atoms with Crippen LogP contribution in [0.3, 0.4) is 0 Å². The van der Waals surface area contributed by atoms with E-state index in [4.69, 9.17) is 32.7 Å². The van der Waals surface area contributed by atoms with Crippen molar-refractivity contribution < 1.29 is 9.47 Å². The Balaban J connectivity index is 0.00000148. The van der Waals surface area contributed by atoms with Crippen LogP contribution in [-0.2, 0) is 22.4 Å². The fourth-order valence-corrected chi connectivity index (χ4v) is 5.20. The van der Waals surface area contributed by atoms with Crippen LogP contribution >= 0.6 is 35.8 Å². The minimum Gasteiger partial charge on any atom is -0.489 e. The van der Waals surface area contributed by atoms with Gasteiger partial charge in [0.15, 0.2) is 5.75 Å². The largest absolute Gasteiger partial charge is 0.489 e. The highest BCUT2D eigenvalue weighted by atomic mass is 35.5. The fraction of sp³-hybridized carbons (Fsp3) is 0.345. The third-order valence-electron chi connectivity index (χ3n) is 7.07. The molecular weight excluding hydrogens is 511 g/mol. The lowest BCUT2D eigenvalue weighted by Crippen LogP contribution is -2.56. The normalized spacial score (nSPS) is 15.4. The summed E-state index contributed by atoms with van der Waals surface area (Å²) in [7, 11) is 0. The molecule has 2 aliphatic rings. The summed E-state index contributed by atoms with van der Waals surface area (Å²) in [5, 5.41) is 13.4. The van der Waals surface area contributed by atoms with Gasteiger partial charge in [-0.05, 0) is 57.8 Å². The molecule has 188 valence electrons. The van der Waals surface area contributed by atoms with E-state index in [9.17, 15) is 5.26 Å². The Kier molecular flexibility index (Phi) is 8.24. The second-order valence-corrected chi connectivity index (χ2v) is 10.2. The first-order chi connectivity index (χ1) is 17.4. The van der Waals surface area contributed by atoms with Gasteiger partial charge >= 0.3 is 0 Å². The number of rotatable bonds is 6. The molecule has 0 radical (unpaired) electrons. The molecule has 4 nitrogen and oxygen atoms in total. The summed E-state index contributed by atoms with van der Waals surface area (Å²) >= 11 is 15.8. The second-order valence-electron chi connectivity index (χ2n) is 9.44. The van der Waals surface area contributed by atoms with Gasteiger partial charge in [0.25, 0.3) is 0 Å². The van der Waals surface area contributed by atoms with Crippen LogP contribution in [0.4, 0.5) is 0 Å². The van der Waals surface area contributed by atoms with Gasteiger partial charge in [-0.1, -0.05) is 61.8 Å². The monoisotopic (exact) mass is 540 g/mol. The molecule has 0 unspecified atom stereocenters. The van der Waals surface area contributed by atoms with Gasteiger partial charge in [-0.2, -0.15) is 17.9 Å². The van der Waals surface area contributed by atoms with Gasteiger partial charge in [0.05, 0.1) is 23.1 Å². The van der Waals surface area contributed by atoms with Crippen LogP contribution in [0.1, 0.15) is 41.7 Å². The van der Waals surface area contributed by atoms with E-state index < -0.39 is 0 Å². The molecule has 7 heteroatoms. The van der Waals surface area contributed by atoms with Crippen LogP contribution in [0.15, 0.2) is 54.6 Å². The van der Waals surface area contributed by atoms with Crippen LogP contribution in [0.5, 0.6) is 5.75 Å². The van der Waals surface area contributed by atoms with E-state index in [1.807, 2.05) is 12.1 Å². The Bertz CT molecular complexity index is 1280. The lowest BCUT2D eigenvalue weighted by molar-refractivity contribution is -0.0746. The third-order valence-corrected chi connectivity index (χ3v) is 7.51. The Morgan fingerprint density at radius 1 is 1.06 bits per heavy atom. The van der Waals surface area contributed by atoms with Gasteiger partial charge in [-0.15, -0.1) is 11.6 Å². The molecule has 3 aromatic rings. The van der Waals surface area contributed by atoms with E-state index in [-0.39, 0.29) is 11.0 Å². The molecule has 0 aliphatic carbocycles. The number of hydrogen-bond acceptors (Lipinski definition) is 5. The molecule has 0 amide bonds. The number of ether oxygens (including phenoxy) is 2. The number of nitriles is 1. The standard InChI is InChI=1S/C28H26Cl2N2O2.CH4S/c1-27(2,23-12-20(14-31)26(25(30)13-23)33-10-9-29)22-6-3-18(4-7-22)19-5-8-24-21(11-19)15-34-28(24)16-32-17-28;1-2/h3-8,11-13,32H,9-10,15-17H2,1-2H3;2H,1H3. The fourth-order valence-electron chi connectivity index (χ4n) is 4.85. The molecular formula is C29H30Cl2N2O2S. The van der Waals surface area contributed by atoms with Gasteiger partial charge in [0, 0.05) is 18.5 Å². The summed E-state index contributed by atoms with van der Waals surface area (Å²) in [6, 6.07) is 21.2. The van der Waals surface area contributed by atoms with Crippen molar-refractivity contribution in [3.63, 3.8) is 0 Å². The van der Waals surface area contributed by atoms with Crippen LogP contribution in [-0.4, -0.2) is 31.8 Å². The minimum absolute atomic E-state index is 0.115. The Hall–Kier alpha value is -2.20. The van der Waals surface area contributed by atoms with E-state index in [0.717, 1.165) is 29.8 Å². The van der Waals surface area contributed by atoms with Crippen molar-refractivity contribution >= 4 is 35.8 Å². The van der Waals surface area contributed by atoms with Crippen molar-refractivity contribution in [1.82, 2.24) is 5.32 Å². The van der Waals surface area contributed by atoms with Crippen LogP contribution in [0.2, 0.25) is 5.02 Å². The molecule has 0 aromatic heterocycles. The number of benzene rings is 3. The summed E-state index contributed by atoms with van der Waals surface area (Å²) in [6.07, 6.45) is 1.69. The lowest BCUT2D eigenvalue weighted by atomic mass is 9.77. The van der Waals surface area contributed by atoms with Gasteiger partial charge in [0.1, 0.15) is 18.3 Å². The number of alkyl halides is 1. The summed E-state index contributed by atoms with van der Waals surface area (Å²) in [5.74, 6) is 0.718. The van der Waals surface area contributed by atoms with Gasteiger partial charge in [-0.3, -0.25) is 0 Å². The molecule has 1 fully saturated rings. The maximum absolute atomic E-state index is 9.65. The zero-order valence-electron chi connectivity index (χ0n) is 20.7. The van der Waals surface area contributed by atoms with Crippen LogP contribution in [0.25, 0.3) is 11.1 Å². The predicted octanol–water partition coefficient (Wildman–Crippen LogP) is 6.70. The van der Waals surface area contributed by atoms with Crippen molar-refractivity contribution in [3.05, 3.63) is 87.4 Å². The number of hydrogen-bond donors (Lipinski definition) is 2. The quantitative estimate of drug-likeness (QED) is 0.270. The Morgan fingerprint density at radius 3 is 2.36 bits per heavy atom.